The number of benzene rings is 1. The SMILES string of the molecule is Cc1n[nH]c(C)c1N1CCN(C(=O)c2cc(-c3ccccc3)nn2C)CC1. The number of aryl methyl sites for hydroxylation is 3. The van der Waals surface area contributed by atoms with Gasteiger partial charge in [-0.15, -0.1) is 0 Å². The van der Waals surface area contributed by atoms with Crippen LogP contribution < -0.4 is 4.90 Å². The zero-order valence-corrected chi connectivity index (χ0v) is 15.9. The van der Waals surface area contributed by atoms with Gasteiger partial charge in [-0.2, -0.15) is 10.2 Å². The maximum Gasteiger partial charge on any atom is 0.272 e. The van der Waals surface area contributed by atoms with E-state index in [1.807, 2.05) is 62.2 Å². The Bertz CT molecular complexity index is 931. The van der Waals surface area contributed by atoms with Crippen molar-refractivity contribution in [3.8, 4) is 11.3 Å². The molecular formula is C20H24N6O. The van der Waals surface area contributed by atoms with Crippen molar-refractivity contribution in [1.82, 2.24) is 24.9 Å². The highest BCUT2D eigenvalue weighted by atomic mass is 16.2. The minimum atomic E-state index is 0.0347. The molecule has 1 amide bonds. The number of amides is 1. The second kappa shape index (κ2) is 6.90. The molecular weight excluding hydrogens is 340 g/mol. The summed E-state index contributed by atoms with van der Waals surface area (Å²) in [6.07, 6.45) is 0. The topological polar surface area (TPSA) is 70.1 Å². The Balaban J connectivity index is 1.48. The van der Waals surface area contributed by atoms with Crippen molar-refractivity contribution in [1.29, 1.82) is 0 Å². The first-order chi connectivity index (χ1) is 13.0. The van der Waals surface area contributed by atoms with Crippen LogP contribution in [0.2, 0.25) is 0 Å². The van der Waals surface area contributed by atoms with Crippen LogP contribution in [-0.4, -0.2) is 57.0 Å². The Kier molecular flexibility index (Phi) is 4.43. The minimum absolute atomic E-state index is 0.0347. The van der Waals surface area contributed by atoms with Crippen LogP contribution >= 0.6 is 0 Å². The van der Waals surface area contributed by atoms with Gasteiger partial charge in [-0.25, -0.2) is 0 Å². The molecule has 0 unspecified atom stereocenters. The molecule has 1 aliphatic rings. The van der Waals surface area contributed by atoms with Crippen molar-refractivity contribution in [3.63, 3.8) is 0 Å². The maximum absolute atomic E-state index is 13.0. The smallest absolute Gasteiger partial charge is 0.272 e. The van der Waals surface area contributed by atoms with E-state index in [9.17, 15) is 4.79 Å². The zero-order valence-electron chi connectivity index (χ0n) is 15.9. The molecule has 0 radical (unpaired) electrons. The number of carbonyl (C=O) groups excluding carboxylic acids is 1. The summed E-state index contributed by atoms with van der Waals surface area (Å²) in [4.78, 5) is 17.2. The summed E-state index contributed by atoms with van der Waals surface area (Å²) in [5.74, 6) is 0.0347. The number of rotatable bonds is 3. The number of nitrogens with zero attached hydrogens (tertiary/aromatic N) is 5. The number of nitrogens with one attached hydrogen (secondary N) is 1. The minimum Gasteiger partial charge on any atom is -0.365 e. The molecule has 3 heterocycles. The van der Waals surface area contributed by atoms with Gasteiger partial charge >= 0.3 is 0 Å². The monoisotopic (exact) mass is 364 g/mol. The standard InChI is InChI=1S/C20H24N6O/c1-14-19(15(2)22-21-14)25-9-11-26(12-10-25)20(27)18-13-17(23-24(18)3)16-7-5-4-6-8-16/h4-8,13H,9-12H2,1-3H3,(H,21,22). The fourth-order valence-corrected chi connectivity index (χ4v) is 3.72. The lowest BCUT2D eigenvalue weighted by molar-refractivity contribution is 0.0735. The summed E-state index contributed by atoms with van der Waals surface area (Å²) in [7, 11) is 1.83. The fourth-order valence-electron chi connectivity index (χ4n) is 3.72. The normalized spacial score (nSPS) is 14.6. The molecule has 0 bridgehead atoms. The van der Waals surface area contributed by atoms with Gasteiger partial charge in [0, 0.05) is 38.8 Å². The van der Waals surface area contributed by atoms with E-state index < -0.39 is 0 Å². The molecule has 7 heteroatoms. The third-order valence-corrected chi connectivity index (χ3v) is 5.14. The summed E-state index contributed by atoms with van der Waals surface area (Å²) >= 11 is 0. The molecule has 140 valence electrons. The van der Waals surface area contributed by atoms with E-state index >= 15 is 0 Å². The molecule has 7 nitrogen and oxygen atoms in total. The first-order valence-corrected chi connectivity index (χ1v) is 9.20. The second-order valence-electron chi connectivity index (χ2n) is 6.97. The van der Waals surface area contributed by atoms with Crippen LogP contribution in [0, 0.1) is 13.8 Å². The number of hydrogen-bond acceptors (Lipinski definition) is 4. The van der Waals surface area contributed by atoms with E-state index in [0.29, 0.717) is 18.8 Å². The molecule has 1 saturated heterocycles. The van der Waals surface area contributed by atoms with Gasteiger partial charge in [0.2, 0.25) is 0 Å². The molecule has 0 saturated carbocycles. The van der Waals surface area contributed by atoms with Crippen molar-refractivity contribution >= 4 is 11.6 Å². The van der Waals surface area contributed by atoms with Crippen molar-refractivity contribution in [3.05, 3.63) is 53.5 Å². The number of anilines is 1. The van der Waals surface area contributed by atoms with Gasteiger partial charge < -0.3 is 9.80 Å². The molecule has 3 aromatic rings. The van der Waals surface area contributed by atoms with Gasteiger partial charge in [0.05, 0.1) is 22.8 Å². The lowest BCUT2D eigenvalue weighted by atomic mass is 10.1. The predicted molar refractivity (Wildman–Crippen MR) is 105 cm³/mol. The molecule has 1 fully saturated rings. The van der Waals surface area contributed by atoms with Crippen LogP contribution in [0.15, 0.2) is 36.4 Å². The van der Waals surface area contributed by atoms with E-state index in [-0.39, 0.29) is 5.91 Å². The lowest BCUT2D eigenvalue weighted by Crippen LogP contribution is -2.49. The van der Waals surface area contributed by atoms with E-state index in [1.54, 1.807) is 4.68 Å². The van der Waals surface area contributed by atoms with Crippen LogP contribution in [0.25, 0.3) is 11.3 Å². The number of hydrogen-bond donors (Lipinski definition) is 1. The van der Waals surface area contributed by atoms with Gasteiger partial charge in [-0.05, 0) is 19.9 Å². The highest BCUT2D eigenvalue weighted by Gasteiger charge is 2.26. The van der Waals surface area contributed by atoms with Crippen LogP contribution in [0.1, 0.15) is 21.9 Å². The van der Waals surface area contributed by atoms with Gasteiger partial charge in [-0.1, -0.05) is 30.3 Å². The Hall–Kier alpha value is -3.09. The molecule has 0 atom stereocenters. The number of aromatic amines is 1. The Morgan fingerprint density at radius 2 is 1.78 bits per heavy atom. The molecule has 0 aliphatic carbocycles. The van der Waals surface area contributed by atoms with Crippen LogP contribution in [0.5, 0.6) is 0 Å². The molecule has 4 rings (SSSR count). The largest absolute Gasteiger partial charge is 0.365 e. The van der Waals surface area contributed by atoms with Crippen molar-refractivity contribution < 1.29 is 4.79 Å². The van der Waals surface area contributed by atoms with Crippen molar-refractivity contribution in [2.24, 2.45) is 7.05 Å². The number of H-pyrrole nitrogens is 1. The molecule has 27 heavy (non-hydrogen) atoms. The van der Waals surface area contributed by atoms with E-state index in [0.717, 1.165) is 41.4 Å². The van der Waals surface area contributed by atoms with Gasteiger partial charge in [0.1, 0.15) is 5.69 Å². The van der Waals surface area contributed by atoms with Crippen molar-refractivity contribution in [2.45, 2.75) is 13.8 Å². The molecule has 1 N–H and O–H groups in total. The van der Waals surface area contributed by atoms with E-state index in [1.165, 1.54) is 0 Å². The summed E-state index contributed by atoms with van der Waals surface area (Å²) in [6, 6.07) is 11.8. The zero-order chi connectivity index (χ0) is 19.0. The quantitative estimate of drug-likeness (QED) is 0.775. The number of carbonyl (C=O) groups is 1. The predicted octanol–water partition coefficient (Wildman–Crippen LogP) is 2.39. The molecule has 1 aromatic carbocycles. The van der Waals surface area contributed by atoms with Gasteiger partial charge in [0.25, 0.3) is 5.91 Å². The van der Waals surface area contributed by atoms with Gasteiger partial charge in [0.15, 0.2) is 0 Å². The summed E-state index contributed by atoms with van der Waals surface area (Å²) in [5.41, 5.74) is 5.71. The van der Waals surface area contributed by atoms with Crippen LogP contribution in [-0.2, 0) is 7.05 Å². The van der Waals surface area contributed by atoms with E-state index in [4.69, 9.17) is 0 Å². The lowest BCUT2D eigenvalue weighted by Gasteiger charge is -2.36. The highest BCUT2D eigenvalue weighted by molar-refractivity contribution is 5.94. The third kappa shape index (κ3) is 3.20. The van der Waals surface area contributed by atoms with E-state index in [2.05, 4.69) is 20.2 Å². The summed E-state index contributed by atoms with van der Waals surface area (Å²) in [6.45, 7) is 7.03. The molecule has 0 spiro atoms. The Morgan fingerprint density at radius 1 is 1.07 bits per heavy atom. The highest BCUT2D eigenvalue weighted by Crippen LogP contribution is 2.24. The summed E-state index contributed by atoms with van der Waals surface area (Å²) in [5, 5.41) is 11.8. The second-order valence-corrected chi connectivity index (χ2v) is 6.97. The number of piperazine rings is 1. The number of aromatic nitrogens is 4. The molecule has 2 aromatic heterocycles. The maximum atomic E-state index is 13.0. The first-order valence-electron chi connectivity index (χ1n) is 9.20. The Labute approximate surface area is 158 Å². The average molecular weight is 364 g/mol. The Morgan fingerprint density at radius 3 is 2.41 bits per heavy atom. The third-order valence-electron chi connectivity index (χ3n) is 5.14. The van der Waals surface area contributed by atoms with Gasteiger partial charge in [-0.3, -0.25) is 14.6 Å². The fraction of sp³-hybridized carbons (Fsp3) is 0.350. The summed E-state index contributed by atoms with van der Waals surface area (Å²) < 4.78 is 1.68. The van der Waals surface area contributed by atoms with Crippen molar-refractivity contribution in [2.75, 3.05) is 31.1 Å². The average Bonchev–Trinajstić information content (AvgIpc) is 3.24. The molecule has 1 aliphatic heterocycles. The van der Waals surface area contributed by atoms with Crippen LogP contribution in [0.3, 0.4) is 0 Å². The first kappa shape index (κ1) is 17.3. The van der Waals surface area contributed by atoms with Crippen LogP contribution in [0.4, 0.5) is 5.69 Å².